The van der Waals surface area contributed by atoms with Crippen LogP contribution in [0, 0.1) is 12.3 Å². The predicted molar refractivity (Wildman–Crippen MR) is 51.4 cm³/mol. The van der Waals surface area contributed by atoms with Crippen molar-refractivity contribution in [1.82, 2.24) is 0 Å². The molecule has 0 saturated heterocycles. The molecule has 0 bridgehead atoms. The molecule has 0 aliphatic heterocycles. The van der Waals surface area contributed by atoms with Crippen LogP contribution >= 0.6 is 0 Å². The van der Waals surface area contributed by atoms with Gasteiger partial charge in [-0.05, 0) is 30.5 Å². The Morgan fingerprint density at radius 3 is 2.77 bits per heavy atom. The second kappa shape index (κ2) is 2.74. The minimum atomic E-state index is -0.202. The molecule has 1 aliphatic rings. The molecule has 2 rings (SSSR count). The van der Waals surface area contributed by atoms with E-state index >= 15 is 0 Å². The third kappa shape index (κ3) is 1.25. The van der Waals surface area contributed by atoms with Gasteiger partial charge in [0.05, 0.1) is 5.41 Å². The van der Waals surface area contributed by atoms with Crippen molar-refractivity contribution in [3.63, 3.8) is 0 Å². The molecule has 1 aromatic carbocycles. The molecule has 0 unspecified atom stereocenters. The third-order valence-electron chi connectivity index (χ3n) is 2.62. The minimum Gasteiger partial charge on any atom is -0.302 e. The summed E-state index contributed by atoms with van der Waals surface area (Å²) in [6.45, 7) is 0. The van der Waals surface area contributed by atoms with Crippen LogP contribution in [0.25, 0.3) is 0 Å². The second-order valence-electron chi connectivity index (χ2n) is 3.50. The molecule has 1 aromatic rings. The van der Waals surface area contributed by atoms with Crippen molar-refractivity contribution in [2.24, 2.45) is 0 Å². The number of benzene rings is 1. The van der Waals surface area contributed by atoms with Crippen LogP contribution in [0.4, 0.5) is 0 Å². The van der Waals surface area contributed by atoms with Gasteiger partial charge in [0.1, 0.15) is 6.29 Å². The van der Waals surface area contributed by atoms with Gasteiger partial charge in [0, 0.05) is 5.56 Å². The van der Waals surface area contributed by atoms with Crippen molar-refractivity contribution in [3.05, 3.63) is 35.4 Å². The maximum Gasteiger partial charge on any atom is 0.130 e. The summed E-state index contributed by atoms with van der Waals surface area (Å²) in [6, 6.07) is 7.70. The Balaban J connectivity index is 2.42. The van der Waals surface area contributed by atoms with Gasteiger partial charge in [-0.1, -0.05) is 18.1 Å². The molecule has 0 radical (unpaired) electrons. The van der Waals surface area contributed by atoms with E-state index in [1.807, 2.05) is 24.3 Å². The number of aldehydes is 1. The highest BCUT2D eigenvalue weighted by Gasteiger charge is 2.44. The predicted octanol–water partition coefficient (Wildman–Crippen LogP) is 1.90. The standard InChI is InChI=1S/C12H10O/c1-2-10-4-3-5-11(8-10)12(9-13)6-7-12/h1,3-5,8-9H,6-7H2. The first-order valence-electron chi connectivity index (χ1n) is 4.34. The lowest BCUT2D eigenvalue weighted by Gasteiger charge is -2.06. The van der Waals surface area contributed by atoms with Gasteiger partial charge < -0.3 is 4.79 Å². The van der Waals surface area contributed by atoms with Crippen LogP contribution in [-0.4, -0.2) is 6.29 Å². The van der Waals surface area contributed by atoms with Crippen molar-refractivity contribution in [3.8, 4) is 12.3 Å². The number of hydrogen-bond donors (Lipinski definition) is 0. The van der Waals surface area contributed by atoms with E-state index in [0.29, 0.717) is 0 Å². The van der Waals surface area contributed by atoms with Gasteiger partial charge in [-0.3, -0.25) is 0 Å². The van der Waals surface area contributed by atoms with E-state index < -0.39 is 0 Å². The minimum absolute atomic E-state index is 0.202. The quantitative estimate of drug-likeness (QED) is 0.489. The largest absolute Gasteiger partial charge is 0.302 e. The van der Waals surface area contributed by atoms with E-state index in [2.05, 4.69) is 5.92 Å². The van der Waals surface area contributed by atoms with Gasteiger partial charge in [-0.2, -0.15) is 0 Å². The lowest BCUT2D eigenvalue weighted by molar-refractivity contribution is -0.109. The maximum absolute atomic E-state index is 10.8. The van der Waals surface area contributed by atoms with E-state index in [1.165, 1.54) is 0 Å². The second-order valence-corrected chi connectivity index (χ2v) is 3.50. The summed E-state index contributed by atoms with van der Waals surface area (Å²) in [4.78, 5) is 10.8. The highest BCUT2D eigenvalue weighted by atomic mass is 16.1. The van der Waals surface area contributed by atoms with Crippen LogP contribution in [0.1, 0.15) is 24.0 Å². The highest BCUT2D eigenvalue weighted by molar-refractivity contribution is 5.73. The first-order valence-corrected chi connectivity index (χ1v) is 4.34. The summed E-state index contributed by atoms with van der Waals surface area (Å²) >= 11 is 0. The van der Waals surface area contributed by atoms with Gasteiger partial charge in [0.2, 0.25) is 0 Å². The fourth-order valence-electron chi connectivity index (χ4n) is 1.53. The molecule has 0 amide bonds. The number of hydrogen-bond acceptors (Lipinski definition) is 1. The Labute approximate surface area is 77.8 Å². The van der Waals surface area contributed by atoms with E-state index in [9.17, 15) is 4.79 Å². The Morgan fingerprint density at radius 2 is 2.23 bits per heavy atom. The first-order chi connectivity index (χ1) is 6.30. The molecule has 1 saturated carbocycles. The summed E-state index contributed by atoms with van der Waals surface area (Å²) in [7, 11) is 0. The molecule has 0 N–H and O–H groups in total. The van der Waals surface area contributed by atoms with Crippen LogP contribution in [0.15, 0.2) is 24.3 Å². The normalized spacial score (nSPS) is 17.5. The van der Waals surface area contributed by atoms with E-state index in [-0.39, 0.29) is 5.41 Å². The highest BCUT2D eigenvalue weighted by Crippen LogP contribution is 2.46. The number of terminal acetylenes is 1. The summed E-state index contributed by atoms with van der Waals surface area (Å²) in [5, 5.41) is 0. The summed E-state index contributed by atoms with van der Waals surface area (Å²) < 4.78 is 0. The van der Waals surface area contributed by atoms with Gasteiger partial charge in [-0.15, -0.1) is 6.42 Å². The van der Waals surface area contributed by atoms with Crippen LogP contribution in [0.3, 0.4) is 0 Å². The molecule has 13 heavy (non-hydrogen) atoms. The van der Waals surface area contributed by atoms with E-state index in [4.69, 9.17) is 6.42 Å². The maximum atomic E-state index is 10.8. The summed E-state index contributed by atoms with van der Waals surface area (Å²) in [6.07, 6.45) is 8.26. The van der Waals surface area contributed by atoms with Crippen LogP contribution < -0.4 is 0 Å². The first kappa shape index (κ1) is 8.07. The third-order valence-corrected chi connectivity index (χ3v) is 2.62. The molecule has 1 fully saturated rings. The van der Waals surface area contributed by atoms with Crippen molar-refractivity contribution in [1.29, 1.82) is 0 Å². The topological polar surface area (TPSA) is 17.1 Å². The average Bonchev–Trinajstić information content (AvgIpc) is 2.99. The van der Waals surface area contributed by atoms with Crippen LogP contribution in [-0.2, 0) is 10.2 Å². The SMILES string of the molecule is C#Cc1cccc(C2(C=O)CC2)c1. The number of carbonyl (C=O) groups excluding carboxylic acids is 1. The Kier molecular flexibility index (Phi) is 1.70. The summed E-state index contributed by atoms with van der Waals surface area (Å²) in [5.74, 6) is 2.58. The zero-order chi connectivity index (χ0) is 9.31. The molecule has 1 nitrogen and oxygen atoms in total. The fraction of sp³-hybridized carbons (Fsp3) is 0.250. The van der Waals surface area contributed by atoms with Crippen molar-refractivity contribution in [2.75, 3.05) is 0 Å². The zero-order valence-corrected chi connectivity index (χ0v) is 7.29. The molecule has 1 aliphatic carbocycles. The Hall–Kier alpha value is -1.55. The van der Waals surface area contributed by atoms with Crippen molar-refractivity contribution >= 4 is 6.29 Å². The Bertz CT molecular complexity index is 380. The summed E-state index contributed by atoms with van der Waals surface area (Å²) in [5.41, 5.74) is 1.72. The molecule has 0 atom stereocenters. The van der Waals surface area contributed by atoms with Gasteiger partial charge >= 0.3 is 0 Å². The van der Waals surface area contributed by atoms with Gasteiger partial charge in [0.25, 0.3) is 0 Å². The van der Waals surface area contributed by atoms with Crippen LogP contribution in [0.2, 0.25) is 0 Å². The molecular weight excluding hydrogens is 160 g/mol. The average molecular weight is 170 g/mol. The molecule has 0 aromatic heterocycles. The van der Waals surface area contributed by atoms with Crippen LogP contribution in [0.5, 0.6) is 0 Å². The lowest BCUT2D eigenvalue weighted by Crippen LogP contribution is -2.07. The van der Waals surface area contributed by atoms with Crippen molar-refractivity contribution in [2.45, 2.75) is 18.3 Å². The smallest absolute Gasteiger partial charge is 0.130 e. The fourth-order valence-corrected chi connectivity index (χ4v) is 1.53. The van der Waals surface area contributed by atoms with E-state index in [1.54, 1.807) is 0 Å². The number of rotatable bonds is 2. The molecular formula is C12H10O. The molecule has 0 heterocycles. The monoisotopic (exact) mass is 170 g/mol. The zero-order valence-electron chi connectivity index (χ0n) is 7.29. The number of carbonyl (C=O) groups is 1. The molecule has 64 valence electrons. The van der Waals surface area contributed by atoms with Crippen molar-refractivity contribution < 1.29 is 4.79 Å². The van der Waals surface area contributed by atoms with Gasteiger partial charge in [-0.25, -0.2) is 0 Å². The molecule has 0 spiro atoms. The van der Waals surface area contributed by atoms with E-state index in [0.717, 1.165) is 30.3 Å². The molecule has 1 heteroatoms. The van der Waals surface area contributed by atoms with Gasteiger partial charge in [0.15, 0.2) is 0 Å². The lowest BCUT2D eigenvalue weighted by atomic mass is 9.96. The Morgan fingerprint density at radius 1 is 1.46 bits per heavy atom.